The predicted molar refractivity (Wildman–Crippen MR) is 105 cm³/mol. The van der Waals surface area contributed by atoms with Gasteiger partial charge in [-0.25, -0.2) is 0 Å². The molecule has 1 fully saturated rings. The van der Waals surface area contributed by atoms with Gasteiger partial charge in [-0.05, 0) is 51.6 Å². The third-order valence-electron chi connectivity index (χ3n) is 3.96. The topological polar surface area (TPSA) is 48.9 Å². The van der Waals surface area contributed by atoms with E-state index in [9.17, 15) is 0 Å². The van der Waals surface area contributed by atoms with Crippen LogP contribution in [0.4, 0.5) is 0 Å². The van der Waals surface area contributed by atoms with Crippen LogP contribution in [-0.4, -0.2) is 63.8 Å². The molecule has 0 radical (unpaired) electrons. The van der Waals surface area contributed by atoms with Crippen molar-refractivity contribution in [3.63, 3.8) is 0 Å². The fourth-order valence-electron chi connectivity index (χ4n) is 2.88. The van der Waals surface area contributed by atoms with Crippen molar-refractivity contribution in [1.29, 1.82) is 0 Å². The number of rotatable bonds is 8. The van der Waals surface area contributed by atoms with Crippen LogP contribution in [0.15, 0.2) is 4.99 Å². The van der Waals surface area contributed by atoms with Crippen LogP contribution in [0.3, 0.4) is 0 Å². The van der Waals surface area contributed by atoms with Gasteiger partial charge in [0.25, 0.3) is 0 Å². The van der Waals surface area contributed by atoms with Crippen molar-refractivity contribution in [1.82, 2.24) is 15.5 Å². The molecular formula is C16H35IN4O. The zero-order chi connectivity index (χ0) is 15.5. The molecule has 5 nitrogen and oxygen atoms in total. The Balaban J connectivity index is 0.00000441. The monoisotopic (exact) mass is 426 g/mol. The number of ether oxygens (including phenoxy) is 1. The lowest BCUT2D eigenvalue weighted by Crippen LogP contribution is -2.44. The van der Waals surface area contributed by atoms with Crippen LogP contribution in [0, 0.1) is 5.92 Å². The molecule has 1 aliphatic rings. The number of unbranched alkanes of at least 4 members (excludes halogenated alkanes) is 1. The highest BCUT2D eigenvalue weighted by molar-refractivity contribution is 14.0. The zero-order valence-electron chi connectivity index (χ0n) is 14.7. The molecule has 132 valence electrons. The predicted octanol–water partition coefficient (Wildman–Crippen LogP) is 2.32. The number of halogens is 1. The summed E-state index contributed by atoms with van der Waals surface area (Å²) in [5, 5.41) is 6.69. The Morgan fingerprint density at radius 3 is 2.82 bits per heavy atom. The highest BCUT2D eigenvalue weighted by atomic mass is 127. The Bertz CT molecular complexity index is 302. The second-order valence-corrected chi connectivity index (χ2v) is 6.25. The molecule has 0 spiro atoms. The fraction of sp³-hybridized carbons (Fsp3) is 0.938. The van der Waals surface area contributed by atoms with Gasteiger partial charge < -0.3 is 20.3 Å². The van der Waals surface area contributed by atoms with E-state index < -0.39 is 0 Å². The molecule has 0 saturated carbocycles. The summed E-state index contributed by atoms with van der Waals surface area (Å²) in [6.07, 6.45) is 5.21. The molecular weight excluding hydrogens is 391 g/mol. The van der Waals surface area contributed by atoms with Gasteiger partial charge in [0.15, 0.2) is 5.96 Å². The van der Waals surface area contributed by atoms with Gasteiger partial charge >= 0.3 is 0 Å². The van der Waals surface area contributed by atoms with Gasteiger partial charge in [0.2, 0.25) is 0 Å². The molecule has 0 amide bonds. The van der Waals surface area contributed by atoms with Crippen molar-refractivity contribution >= 4 is 29.9 Å². The van der Waals surface area contributed by atoms with Gasteiger partial charge in [0.05, 0.1) is 6.61 Å². The van der Waals surface area contributed by atoms with E-state index in [1.54, 1.807) is 7.11 Å². The lowest BCUT2D eigenvalue weighted by molar-refractivity contribution is 0.178. The summed E-state index contributed by atoms with van der Waals surface area (Å²) in [6.45, 7) is 9.92. The average molecular weight is 426 g/mol. The number of guanidine groups is 1. The summed E-state index contributed by atoms with van der Waals surface area (Å²) < 4.78 is 5.12. The quantitative estimate of drug-likeness (QED) is 0.271. The van der Waals surface area contributed by atoms with Crippen molar-refractivity contribution in [2.45, 2.75) is 45.6 Å². The Hall–Kier alpha value is -0.0800. The van der Waals surface area contributed by atoms with E-state index in [0.29, 0.717) is 6.61 Å². The first-order valence-electron chi connectivity index (χ1n) is 8.34. The Labute approximate surface area is 153 Å². The fourth-order valence-corrected chi connectivity index (χ4v) is 2.88. The van der Waals surface area contributed by atoms with Crippen LogP contribution in [0.5, 0.6) is 0 Å². The van der Waals surface area contributed by atoms with Crippen molar-refractivity contribution < 1.29 is 4.74 Å². The molecule has 22 heavy (non-hydrogen) atoms. The molecule has 0 aromatic carbocycles. The lowest BCUT2D eigenvalue weighted by atomic mass is 10.0. The number of aliphatic imine (C=N–C) groups is 1. The normalized spacial score (nSPS) is 21.1. The molecule has 6 heteroatoms. The first kappa shape index (κ1) is 21.9. The molecule has 0 aliphatic carbocycles. The Morgan fingerprint density at radius 2 is 2.18 bits per heavy atom. The molecule has 0 aromatic rings. The Kier molecular flexibility index (Phi) is 13.3. The van der Waals surface area contributed by atoms with E-state index in [2.05, 4.69) is 34.4 Å². The van der Waals surface area contributed by atoms with Crippen LogP contribution in [0.2, 0.25) is 0 Å². The number of piperidine rings is 1. The van der Waals surface area contributed by atoms with E-state index in [-0.39, 0.29) is 30.0 Å². The van der Waals surface area contributed by atoms with Crippen LogP contribution in [-0.2, 0) is 4.74 Å². The maximum Gasteiger partial charge on any atom is 0.191 e. The van der Waals surface area contributed by atoms with E-state index in [1.807, 2.05) is 7.05 Å². The smallest absolute Gasteiger partial charge is 0.191 e. The van der Waals surface area contributed by atoms with Crippen molar-refractivity contribution in [2.24, 2.45) is 10.9 Å². The molecule has 0 aromatic heterocycles. The second kappa shape index (κ2) is 13.4. The summed E-state index contributed by atoms with van der Waals surface area (Å²) in [7, 11) is 3.53. The molecule has 2 N–H and O–H groups in total. The number of hydrogen-bond donors (Lipinski definition) is 2. The van der Waals surface area contributed by atoms with E-state index in [1.165, 1.54) is 45.3 Å². The maximum atomic E-state index is 5.12. The molecule has 2 atom stereocenters. The van der Waals surface area contributed by atoms with Crippen molar-refractivity contribution in [3.05, 3.63) is 0 Å². The van der Waals surface area contributed by atoms with Crippen LogP contribution in [0.25, 0.3) is 0 Å². The standard InChI is InChI=1S/C16H34N4O.HI/c1-14-8-7-11-20(12-14)10-6-5-9-18-16(17-3)19-15(2)13-21-4;/h14-15H,5-13H2,1-4H3,(H2,17,18,19);1H. The van der Waals surface area contributed by atoms with E-state index in [4.69, 9.17) is 4.74 Å². The molecule has 2 unspecified atom stereocenters. The third-order valence-corrected chi connectivity index (χ3v) is 3.96. The number of nitrogens with zero attached hydrogens (tertiary/aromatic N) is 2. The van der Waals surface area contributed by atoms with Gasteiger partial charge in [0.1, 0.15) is 0 Å². The summed E-state index contributed by atoms with van der Waals surface area (Å²) in [5.41, 5.74) is 0. The highest BCUT2D eigenvalue weighted by Crippen LogP contribution is 2.15. The van der Waals surface area contributed by atoms with Crippen LogP contribution >= 0.6 is 24.0 Å². The maximum absolute atomic E-state index is 5.12. The molecule has 1 saturated heterocycles. The average Bonchev–Trinajstić information content (AvgIpc) is 2.46. The number of methoxy groups -OCH3 is 1. The third kappa shape index (κ3) is 9.84. The summed E-state index contributed by atoms with van der Waals surface area (Å²) in [5.74, 6) is 1.74. The highest BCUT2D eigenvalue weighted by Gasteiger charge is 2.15. The molecule has 1 rings (SSSR count). The molecule has 0 bridgehead atoms. The molecule has 1 heterocycles. The van der Waals surface area contributed by atoms with Crippen LogP contribution < -0.4 is 10.6 Å². The van der Waals surface area contributed by atoms with Gasteiger partial charge in [-0.2, -0.15) is 0 Å². The number of likely N-dealkylation sites (tertiary alicyclic amines) is 1. The largest absolute Gasteiger partial charge is 0.383 e. The zero-order valence-corrected chi connectivity index (χ0v) is 17.1. The first-order chi connectivity index (χ1) is 10.2. The van der Waals surface area contributed by atoms with Crippen molar-refractivity contribution in [2.75, 3.05) is 46.9 Å². The van der Waals surface area contributed by atoms with Gasteiger partial charge in [-0.1, -0.05) is 6.92 Å². The number of hydrogen-bond acceptors (Lipinski definition) is 3. The SMILES string of the molecule is CN=C(NCCCCN1CCCC(C)C1)NC(C)COC.I. The summed E-state index contributed by atoms with van der Waals surface area (Å²) >= 11 is 0. The van der Waals surface area contributed by atoms with E-state index in [0.717, 1.165) is 18.4 Å². The number of nitrogens with one attached hydrogen (secondary N) is 2. The van der Waals surface area contributed by atoms with Gasteiger partial charge in [-0.3, -0.25) is 4.99 Å². The minimum absolute atomic E-state index is 0. The minimum Gasteiger partial charge on any atom is -0.383 e. The summed E-state index contributed by atoms with van der Waals surface area (Å²) in [4.78, 5) is 6.85. The summed E-state index contributed by atoms with van der Waals surface area (Å²) in [6, 6.07) is 0.274. The van der Waals surface area contributed by atoms with Crippen molar-refractivity contribution in [3.8, 4) is 0 Å². The van der Waals surface area contributed by atoms with Gasteiger partial charge in [0, 0.05) is 33.3 Å². The van der Waals surface area contributed by atoms with Gasteiger partial charge in [-0.15, -0.1) is 24.0 Å². The Morgan fingerprint density at radius 1 is 1.41 bits per heavy atom. The second-order valence-electron chi connectivity index (χ2n) is 6.25. The van der Waals surface area contributed by atoms with Crippen LogP contribution in [0.1, 0.15) is 39.5 Å². The minimum atomic E-state index is 0. The van der Waals surface area contributed by atoms with E-state index >= 15 is 0 Å². The lowest BCUT2D eigenvalue weighted by Gasteiger charge is -2.30. The first-order valence-corrected chi connectivity index (χ1v) is 8.34. The molecule has 1 aliphatic heterocycles.